The van der Waals surface area contributed by atoms with E-state index in [1.165, 1.54) is 12.1 Å². The van der Waals surface area contributed by atoms with Gasteiger partial charge in [0.2, 0.25) is 5.91 Å². The summed E-state index contributed by atoms with van der Waals surface area (Å²) in [6, 6.07) is 11.2. The van der Waals surface area contributed by atoms with Crippen molar-refractivity contribution in [2.75, 3.05) is 57.9 Å². The molecule has 0 aromatic heterocycles. The fourth-order valence-corrected chi connectivity index (χ4v) is 3.81. The molecular weight excluding hydrogens is 302 g/mol. The van der Waals surface area contributed by atoms with E-state index in [2.05, 4.69) is 40.1 Å². The molecule has 2 saturated heterocycles. The average Bonchev–Trinajstić information content (AvgIpc) is 2.67. The van der Waals surface area contributed by atoms with E-state index in [4.69, 9.17) is 4.74 Å². The van der Waals surface area contributed by atoms with Crippen molar-refractivity contribution in [1.82, 2.24) is 9.80 Å². The molecule has 0 unspecified atom stereocenters. The van der Waals surface area contributed by atoms with Gasteiger partial charge in [-0.25, -0.2) is 0 Å². The van der Waals surface area contributed by atoms with Gasteiger partial charge in [0.05, 0.1) is 13.0 Å². The first-order chi connectivity index (χ1) is 11.8. The Labute approximate surface area is 145 Å². The molecule has 2 aliphatic heterocycles. The second kappa shape index (κ2) is 8.49. The molecule has 5 heteroatoms. The van der Waals surface area contributed by atoms with Gasteiger partial charge in [-0.3, -0.25) is 9.69 Å². The van der Waals surface area contributed by atoms with Crippen molar-refractivity contribution in [3.8, 4) is 0 Å². The average molecular weight is 331 g/mol. The lowest BCUT2D eigenvalue weighted by molar-refractivity contribution is -0.134. The molecule has 0 bridgehead atoms. The number of likely N-dealkylation sites (tertiary alicyclic amines) is 1. The molecule has 3 rings (SSSR count). The number of piperazine rings is 1. The minimum Gasteiger partial charge on any atom is -0.384 e. The Kier molecular flexibility index (Phi) is 6.10. The summed E-state index contributed by atoms with van der Waals surface area (Å²) in [6.07, 6.45) is 2.83. The number of nitrogens with zero attached hydrogens (tertiary/aromatic N) is 3. The number of hydrogen-bond acceptors (Lipinski definition) is 4. The van der Waals surface area contributed by atoms with Crippen LogP contribution in [0, 0.1) is 0 Å². The first kappa shape index (κ1) is 17.2. The van der Waals surface area contributed by atoms with Crippen LogP contribution in [0.15, 0.2) is 30.3 Å². The van der Waals surface area contributed by atoms with Gasteiger partial charge in [-0.2, -0.15) is 0 Å². The summed E-state index contributed by atoms with van der Waals surface area (Å²) >= 11 is 0. The van der Waals surface area contributed by atoms with Gasteiger partial charge in [0.1, 0.15) is 0 Å². The quantitative estimate of drug-likeness (QED) is 0.825. The number of anilines is 1. The van der Waals surface area contributed by atoms with E-state index in [9.17, 15) is 4.79 Å². The molecular formula is C19H29N3O2. The van der Waals surface area contributed by atoms with Crippen LogP contribution in [0.2, 0.25) is 0 Å². The third-order valence-corrected chi connectivity index (χ3v) is 5.22. The third-order valence-electron chi connectivity index (χ3n) is 5.22. The molecule has 2 aliphatic rings. The SMILES string of the molecule is COCCC(=O)N1CCC[C@@H](N2CCN(c3ccccc3)CC2)C1. The van der Waals surface area contributed by atoms with Crippen LogP contribution in [0.4, 0.5) is 5.69 Å². The predicted octanol–water partition coefficient (Wildman–Crippen LogP) is 1.84. The minimum atomic E-state index is 0.240. The fourth-order valence-electron chi connectivity index (χ4n) is 3.81. The molecule has 132 valence electrons. The second-order valence-corrected chi connectivity index (χ2v) is 6.74. The Hall–Kier alpha value is -1.59. The lowest BCUT2D eigenvalue weighted by atomic mass is 10.0. The van der Waals surface area contributed by atoms with Gasteiger partial charge in [0.15, 0.2) is 0 Å². The molecule has 0 spiro atoms. The Morgan fingerprint density at radius 1 is 1.12 bits per heavy atom. The topological polar surface area (TPSA) is 36.0 Å². The van der Waals surface area contributed by atoms with E-state index >= 15 is 0 Å². The first-order valence-corrected chi connectivity index (χ1v) is 9.08. The van der Waals surface area contributed by atoms with E-state index in [0.717, 1.165) is 45.7 Å². The number of para-hydroxylation sites is 1. The fraction of sp³-hybridized carbons (Fsp3) is 0.632. The number of hydrogen-bond donors (Lipinski definition) is 0. The maximum Gasteiger partial charge on any atom is 0.224 e. The molecule has 1 atom stereocenters. The highest BCUT2D eigenvalue weighted by molar-refractivity contribution is 5.76. The zero-order valence-corrected chi connectivity index (χ0v) is 14.7. The first-order valence-electron chi connectivity index (χ1n) is 9.08. The van der Waals surface area contributed by atoms with Gasteiger partial charge in [-0.1, -0.05) is 18.2 Å². The van der Waals surface area contributed by atoms with Crippen LogP contribution in [0.3, 0.4) is 0 Å². The third kappa shape index (κ3) is 4.28. The normalized spacial score (nSPS) is 22.6. The number of amides is 1. The smallest absolute Gasteiger partial charge is 0.224 e. The van der Waals surface area contributed by atoms with Crippen LogP contribution < -0.4 is 4.90 Å². The molecule has 1 amide bonds. The highest BCUT2D eigenvalue weighted by Gasteiger charge is 2.29. The number of piperidine rings is 1. The number of ether oxygens (including phenoxy) is 1. The molecule has 0 saturated carbocycles. The molecule has 24 heavy (non-hydrogen) atoms. The van der Waals surface area contributed by atoms with E-state index in [0.29, 0.717) is 19.1 Å². The van der Waals surface area contributed by atoms with Crippen molar-refractivity contribution in [3.63, 3.8) is 0 Å². The number of carbonyl (C=O) groups is 1. The maximum atomic E-state index is 12.2. The largest absolute Gasteiger partial charge is 0.384 e. The van der Waals surface area contributed by atoms with Crippen molar-refractivity contribution in [3.05, 3.63) is 30.3 Å². The summed E-state index contributed by atoms with van der Waals surface area (Å²) < 4.78 is 5.04. The van der Waals surface area contributed by atoms with Crippen LogP contribution in [0.5, 0.6) is 0 Å². The molecule has 0 N–H and O–H groups in total. The van der Waals surface area contributed by atoms with Gasteiger partial charge in [-0.15, -0.1) is 0 Å². The molecule has 0 aliphatic carbocycles. The highest BCUT2D eigenvalue weighted by Crippen LogP contribution is 2.21. The van der Waals surface area contributed by atoms with Crippen LogP contribution in [0.25, 0.3) is 0 Å². The molecule has 2 heterocycles. The van der Waals surface area contributed by atoms with Crippen LogP contribution in [-0.4, -0.2) is 74.7 Å². The van der Waals surface area contributed by atoms with Crippen molar-refractivity contribution >= 4 is 11.6 Å². The summed E-state index contributed by atoms with van der Waals surface area (Å²) in [6.45, 7) is 6.61. The van der Waals surface area contributed by atoms with Crippen molar-refractivity contribution in [2.24, 2.45) is 0 Å². The van der Waals surface area contributed by atoms with Crippen LogP contribution >= 0.6 is 0 Å². The highest BCUT2D eigenvalue weighted by atomic mass is 16.5. The zero-order valence-electron chi connectivity index (χ0n) is 14.7. The van der Waals surface area contributed by atoms with Gasteiger partial charge in [-0.05, 0) is 25.0 Å². The summed E-state index contributed by atoms with van der Waals surface area (Å²) in [5.74, 6) is 0.240. The predicted molar refractivity (Wildman–Crippen MR) is 96.3 cm³/mol. The van der Waals surface area contributed by atoms with Crippen molar-refractivity contribution in [2.45, 2.75) is 25.3 Å². The van der Waals surface area contributed by atoms with Gasteiger partial charge in [0, 0.05) is 58.1 Å². The molecule has 0 radical (unpaired) electrons. The Bertz CT molecular complexity index is 515. The number of rotatable bonds is 5. The zero-order chi connectivity index (χ0) is 16.8. The molecule has 2 fully saturated rings. The van der Waals surface area contributed by atoms with Crippen molar-refractivity contribution in [1.29, 1.82) is 0 Å². The van der Waals surface area contributed by atoms with Crippen LogP contribution in [0.1, 0.15) is 19.3 Å². The van der Waals surface area contributed by atoms with Gasteiger partial charge in [0.25, 0.3) is 0 Å². The summed E-state index contributed by atoms with van der Waals surface area (Å²) in [7, 11) is 1.65. The number of carbonyl (C=O) groups excluding carboxylic acids is 1. The van der Waals surface area contributed by atoms with E-state index in [1.54, 1.807) is 7.11 Å². The van der Waals surface area contributed by atoms with Gasteiger partial charge < -0.3 is 14.5 Å². The van der Waals surface area contributed by atoms with Crippen LogP contribution in [-0.2, 0) is 9.53 Å². The minimum absolute atomic E-state index is 0.240. The standard InChI is InChI=1S/C19H29N3O2/c1-24-15-9-19(23)22-10-5-8-18(16-22)21-13-11-20(12-14-21)17-6-3-2-4-7-17/h2-4,6-7,18H,5,8-16H2,1H3/t18-/m1/s1. The van der Waals surface area contributed by atoms with E-state index in [1.807, 2.05) is 4.90 Å². The summed E-state index contributed by atoms with van der Waals surface area (Å²) in [4.78, 5) is 19.3. The molecule has 1 aromatic carbocycles. The monoisotopic (exact) mass is 331 g/mol. The lowest BCUT2D eigenvalue weighted by Gasteiger charge is -2.44. The Balaban J connectivity index is 1.50. The van der Waals surface area contributed by atoms with E-state index < -0.39 is 0 Å². The van der Waals surface area contributed by atoms with E-state index in [-0.39, 0.29) is 5.91 Å². The lowest BCUT2D eigenvalue weighted by Crippen LogP contribution is -2.56. The maximum absolute atomic E-state index is 12.2. The van der Waals surface area contributed by atoms with Crippen molar-refractivity contribution < 1.29 is 9.53 Å². The molecule has 5 nitrogen and oxygen atoms in total. The Morgan fingerprint density at radius 3 is 2.58 bits per heavy atom. The summed E-state index contributed by atoms with van der Waals surface area (Å²) in [5, 5.41) is 0. The number of benzene rings is 1. The number of methoxy groups -OCH3 is 1. The van der Waals surface area contributed by atoms with Gasteiger partial charge >= 0.3 is 0 Å². The second-order valence-electron chi connectivity index (χ2n) is 6.74. The summed E-state index contributed by atoms with van der Waals surface area (Å²) in [5.41, 5.74) is 1.32. The molecule has 1 aromatic rings. The Morgan fingerprint density at radius 2 is 1.88 bits per heavy atom.